The number of urea groups is 1. The summed E-state index contributed by atoms with van der Waals surface area (Å²) >= 11 is 0. The molecule has 7 nitrogen and oxygen atoms in total. The van der Waals surface area contributed by atoms with Crippen LogP contribution in [0, 0.1) is 0 Å². The molecule has 7 heteroatoms. The number of H-pyrrole nitrogens is 1. The normalized spacial score (nSPS) is 14.5. The molecule has 1 aromatic carbocycles. The van der Waals surface area contributed by atoms with E-state index in [1.807, 2.05) is 24.3 Å². The summed E-state index contributed by atoms with van der Waals surface area (Å²) in [5.74, 6) is -0.0951. The number of fused-ring (bicyclic) bond motifs is 1. The summed E-state index contributed by atoms with van der Waals surface area (Å²) < 4.78 is 0. The second-order valence-electron chi connectivity index (χ2n) is 6.17. The molecule has 0 radical (unpaired) electrons. The van der Waals surface area contributed by atoms with Gasteiger partial charge in [0.15, 0.2) is 0 Å². The number of aromatic amines is 1. The van der Waals surface area contributed by atoms with E-state index in [1.165, 1.54) is 0 Å². The van der Waals surface area contributed by atoms with Gasteiger partial charge in [-0.25, -0.2) is 4.79 Å². The smallest absolute Gasteiger partial charge is 0.322 e. The molecule has 0 bridgehead atoms. The van der Waals surface area contributed by atoms with E-state index in [9.17, 15) is 9.59 Å². The largest absolute Gasteiger partial charge is 0.359 e. The first-order valence-corrected chi connectivity index (χ1v) is 8.55. The van der Waals surface area contributed by atoms with Crippen molar-refractivity contribution in [3.63, 3.8) is 0 Å². The third-order valence-corrected chi connectivity index (χ3v) is 4.57. The van der Waals surface area contributed by atoms with E-state index in [4.69, 9.17) is 0 Å². The summed E-state index contributed by atoms with van der Waals surface area (Å²) in [5, 5.41) is 3.93. The zero-order valence-electron chi connectivity index (χ0n) is 14.2. The van der Waals surface area contributed by atoms with Gasteiger partial charge in [0.1, 0.15) is 5.69 Å². The van der Waals surface area contributed by atoms with Crippen molar-refractivity contribution in [2.75, 3.05) is 31.5 Å². The van der Waals surface area contributed by atoms with E-state index in [2.05, 4.69) is 15.3 Å². The van der Waals surface area contributed by atoms with E-state index in [-0.39, 0.29) is 11.9 Å². The summed E-state index contributed by atoms with van der Waals surface area (Å²) in [5.41, 5.74) is 2.18. The highest BCUT2D eigenvalue weighted by Crippen LogP contribution is 2.23. The number of benzene rings is 1. The number of nitrogens with zero attached hydrogens (tertiary/aromatic N) is 3. The van der Waals surface area contributed by atoms with Crippen LogP contribution in [0.2, 0.25) is 0 Å². The van der Waals surface area contributed by atoms with Crippen LogP contribution in [0.3, 0.4) is 0 Å². The Morgan fingerprint density at radius 1 is 0.962 bits per heavy atom. The number of piperazine rings is 1. The fraction of sp³-hybridized carbons (Fsp3) is 0.211. The highest BCUT2D eigenvalue weighted by molar-refractivity contribution is 6.01. The molecule has 2 aromatic heterocycles. The predicted octanol–water partition coefficient (Wildman–Crippen LogP) is 2.55. The second kappa shape index (κ2) is 6.87. The van der Waals surface area contributed by atoms with Crippen molar-refractivity contribution in [3.8, 4) is 0 Å². The molecule has 26 heavy (non-hydrogen) atoms. The summed E-state index contributed by atoms with van der Waals surface area (Å²) in [6.45, 7) is 1.98. The van der Waals surface area contributed by atoms with Crippen molar-refractivity contribution in [1.29, 1.82) is 0 Å². The lowest BCUT2D eigenvalue weighted by molar-refractivity contribution is 0.0666. The van der Waals surface area contributed by atoms with Gasteiger partial charge in [-0.2, -0.15) is 0 Å². The number of anilines is 1. The lowest BCUT2D eigenvalue weighted by Crippen LogP contribution is -2.51. The molecule has 1 fully saturated rings. The first kappa shape index (κ1) is 16.1. The Kier molecular flexibility index (Phi) is 4.27. The Balaban J connectivity index is 1.37. The monoisotopic (exact) mass is 349 g/mol. The SMILES string of the molecule is O=C(Nc1c[nH]c2ccccc12)N1CCN(C(=O)c2ccccn2)CC1. The second-order valence-corrected chi connectivity index (χ2v) is 6.17. The highest BCUT2D eigenvalue weighted by atomic mass is 16.2. The Labute approximate surface area is 150 Å². The number of pyridine rings is 1. The van der Waals surface area contributed by atoms with E-state index >= 15 is 0 Å². The highest BCUT2D eigenvalue weighted by Gasteiger charge is 2.25. The van der Waals surface area contributed by atoms with Crippen molar-refractivity contribution in [2.24, 2.45) is 0 Å². The van der Waals surface area contributed by atoms with Crippen LogP contribution >= 0.6 is 0 Å². The third kappa shape index (κ3) is 3.11. The minimum atomic E-state index is -0.153. The van der Waals surface area contributed by atoms with E-state index < -0.39 is 0 Å². The van der Waals surface area contributed by atoms with Crippen molar-refractivity contribution >= 4 is 28.5 Å². The van der Waals surface area contributed by atoms with Gasteiger partial charge in [-0.1, -0.05) is 24.3 Å². The lowest BCUT2D eigenvalue weighted by Gasteiger charge is -2.34. The molecular weight excluding hydrogens is 330 g/mol. The molecular formula is C19H19N5O2. The fourth-order valence-corrected chi connectivity index (χ4v) is 3.13. The molecule has 2 N–H and O–H groups in total. The molecule has 1 aliphatic rings. The Morgan fingerprint density at radius 2 is 1.69 bits per heavy atom. The van der Waals surface area contributed by atoms with Crippen molar-refractivity contribution < 1.29 is 9.59 Å². The average molecular weight is 349 g/mol. The summed E-state index contributed by atoms with van der Waals surface area (Å²) in [4.78, 5) is 35.7. The number of aromatic nitrogens is 2. The van der Waals surface area contributed by atoms with Gasteiger partial charge in [0.2, 0.25) is 0 Å². The molecule has 3 heterocycles. The van der Waals surface area contributed by atoms with Crippen LogP contribution < -0.4 is 5.32 Å². The van der Waals surface area contributed by atoms with Gasteiger partial charge in [-0.05, 0) is 18.2 Å². The number of nitrogens with one attached hydrogen (secondary N) is 2. The van der Waals surface area contributed by atoms with E-state index in [0.717, 1.165) is 16.6 Å². The fourth-order valence-electron chi connectivity index (χ4n) is 3.13. The number of para-hydroxylation sites is 1. The van der Waals surface area contributed by atoms with Gasteiger partial charge in [-0.3, -0.25) is 9.78 Å². The first-order chi connectivity index (χ1) is 12.7. The molecule has 1 saturated heterocycles. The van der Waals surface area contributed by atoms with Gasteiger partial charge in [0.05, 0.1) is 5.69 Å². The van der Waals surface area contributed by atoms with E-state index in [0.29, 0.717) is 31.9 Å². The zero-order valence-corrected chi connectivity index (χ0v) is 14.2. The molecule has 0 saturated carbocycles. The number of rotatable bonds is 2. The van der Waals surface area contributed by atoms with Crippen LogP contribution in [-0.2, 0) is 0 Å². The van der Waals surface area contributed by atoms with Gasteiger partial charge < -0.3 is 20.1 Å². The summed E-state index contributed by atoms with van der Waals surface area (Å²) in [6, 6.07) is 12.9. The van der Waals surface area contributed by atoms with Crippen LogP contribution in [0.15, 0.2) is 54.9 Å². The molecule has 0 atom stereocenters. The van der Waals surface area contributed by atoms with Crippen LogP contribution in [-0.4, -0.2) is 57.9 Å². The quantitative estimate of drug-likeness (QED) is 0.746. The number of hydrogen-bond donors (Lipinski definition) is 2. The van der Waals surface area contributed by atoms with Crippen molar-refractivity contribution in [2.45, 2.75) is 0 Å². The molecule has 3 aromatic rings. The summed E-state index contributed by atoms with van der Waals surface area (Å²) in [6.07, 6.45) is 3.40. The number of carbonyl (C=O) groups excluding carboxylic acids is 2. The van der Waals surface area contributed by atoms with Crippen LogP contribution in [0.4, 0.5) is 10.5 Å². The lowest BCUT2D eigenvalue weighted by atomic mass is 10.2. The van der Waals surface area contributed by atoms with Crippen molar-refractivity contribution in [3.05, 3.63) is 60.6 Å². The van der Waals surface area contributed by atoms with Gasteiger partial charge in [-0.15, -0.1) is 0 Å². The Bertz CT molecular complexity index is 929. The maximum atomic E-state index is 12.5. The number of carbonyl (C=O) groups is 2. The van der Waals surface area contributed by atoms with Crippen LogP contribution in [0.25, 0.3) is 10.9 Å². The average Bonchev–Trinajstić information content (AvgIpc) is 3.11. The molecule has 0 aliphatic carbocycles. The van der Waals surface area contributed by atoms with Crippen LogP contribution in [0.1, 0.15) is 10.5 Å². The van der Waals surface area contributed by atoms with E-state index in [1.54, 1.807) is 40.4 Å². The molecule has 4 rings (SSSR count). The first-order valence-electron chi connectivity index (χ1n) is 8.55. The number of hydrogen-bond acceptors (Lipinski definition) is 3. The Morgan fingerprint density at radius 3 is 2.46 bits per heavy atom. The third-order valence-electron chi connectivity index (χ3n) is 4.57. The molecule has 0 unspecified atom stereocenters. The van der Waals surface area contributed by atoms with Gasteiger partial charge in [0, 0.05) is 49.5 Å². The predicted molar refractivity (Wildman–Crippen MR) is 99.0 cm³/mol. The van der Waals surface area contributed by atoms with Gasteiger partial charge >= 0.3 is 6.03 Å². The van der Waals surface area contributed by atoms with Crippen LogP contribution in [0.5, 0.6) is 0 Å². The molecule has 0 spiro atoms. The standard InChI is InChI=1S/C19H19N5O2/c25-18(16-7-3-4-8-20-16)23-9-11-24(12-10-23)19(26)22-17-13-21-15-6-2-1-5-14(15)17/h1-8,13,21H,9-12H2,(H,22,26). The topological polar surface area (TPSA) is 81.3 Å². The molecule has 132 valence electrons. The molecule has 3 amide bonds. The minimum absolute atomic E-state index is 0.0951. The molecule has 1 aliphatic heterocycles. The maximum Gasteiger partial charge on any atom is 0.322 e. The zero-order chi connectivity index (χ0) is 17.9. The summed E-state index contributed by atoms with van der Waals surface area (Å²) in [7, 11) is 0. The van der Waals surface area contributed by atoms with Crippen molar-refractivity contribution in [1.82, 2.24) is 19.8 Å². The van der Waals surface area contributed by atoms with Gasteiger partial charge in [0.25, 0.3) is 5.91 Å². The number of amides is 3. The maximum absolute atomic E-state index is 12.5. The Hall–Kier alpha value is -3.35. The minimum Gasteiger partial charge on any atom is -0.359 e.